The molecule has 186 valence electrons. The molecule has 0 saturated heterocycles. The molecule has 0 aliphatic heterocycles. The minimum atomic E-state index is -0.141. The van der Waals surface area contributed by atoms with Crippen molar-refractivity contribution in [3.8, 4) is 0 Å². The van der Waals surface area contributed by atoms with Crippen molar-refractivity contribution in [2.75, 3.05) is 11.9 Å². The van der Waals surface area contributed by atoms with Crippen molar-refractivity contribution in [2.45, 2.75) is 96.6 Å². The first kappa shape index (κ1) is 24.3. The molecule has 2 aliphatic carbocycles. The van der Waals surface area contributed by atoms with Gasteiger partial charge in [-0.25, -0.2) is 0 Å². The summed E-state index contributed by atoms with van der Waals surface area (Å²) in [6, 6.07) is 0. The Labute approximate surface area is 201 Å². The molecule has 0 unspecified atom stereocenters. The number of hydrogen-bond acceptors (Lipinski definition) is 6. The third-order valence-corrected chi connectivity index (χ3v) is 7.08. The van der Waals surface area contributed by atoms with E-state index in [0.29, 0.717) is 42.9 Å². The zero-order valence-electron chi connectivity index (χ0n) is 20.1. The number of hydrogen-bond donors (Lipinski definition) is 2. The molecule has 2 heterocycles. The Bertz CT molecular complexity index is 912. The Morgan fingerprint density at radius 2 is 1.44 bits per heavy atom. The number of amides is 2. The lowest BCUT2D eigenvalue weighted by Crippen LogP contribution is -2.30. The lowest BCUT2D eigenvalue weighted by molar-refractivity contribution is -0.117. The smallest absolute Gasteiger partial charge is 0.273 e. The number of anilines is 1. The van der Waals surface area contributed by atoms with Gasteiger partial charge in [-0.1, -0.05) is 49.0 Å². The largest absolute Gasteiger partial charge is 0.350 e. The third kappa shape index (κ3) is 7.63. The van der Waals surface area contributed by atoms with Crippen LogP contribution in [-0.2, 0) is 17.9 Å². The second kappa shape index (κ2) is 12.6. The number of nitrogens with zero attached hydrogens (tertiary/aromatic N) is 6. The van der Waals surface area contributed by atoms with E-state index < -0.39 is 0 Å². The van der Waals surface area contributed by atoms with Gasteiger partial charge in [-0.2, -0.15) is 0 Å². The molecule has 0 radical (unpaired) electrons. The number of aromatic nitrogens is 6. The van der Waals surface area contributed by atoms with E-state index in [-0.39, 0.29) is 11.8 Å². The average Bonchev–Trinajstić information content (AvgIpc) is 3.51. The van der Waals surface area contributed by atoms with Crippen LogP contribution in [0.5, 0.6) is 0 Å². The highest BCUT2D eigenvalue weighted by molar-refractivity contribution is 5.91. The molecule has 2 amide bonds. The van der Waals surface area contributed by atoms with E-state index in [2.05, 4.69) is 31.3 Å². The fraction of sp³-hybridized carbons (Fsp3) is 0.750. The second-order valence-corrected chi connectivity index (χ2v) is 9.91. The highest BCUT2D eigenvalue weighted by Gasteiger charge is 2.18. The van der Waals surface area contributed by atoms with Gasteiger partial charge in [0.15, 0.2) is 11.5 Å². The molecular weight excluding hydrogens is 432 g/mol. The van der Waals surface area contributed by atoms with E-state index in [1.54, 1.807) is 21.8 Å². The highest BCUT2D eigenvalue weighted by atomic mass is 16.2. The van der Waals surface area contributed by atoms with Crippen LogP contribution in [0.4, 0.5) is 5.82 Å². The molecule has 2 saturated carbocycles. The molecular formula is C24H38N8O2. The highest BCUT2D eigenvalue weighted by Crippen LogP contribution is 2.26. The summed E-state index contributed by atoms with van der Waals surface area (Å²) in [6.07, 6.45) is 18.1. The zero-order valence-corrected chi connectivity index (χ0v) is 20.1. The molecule has 0 atom stereocenters. The van der Waals surface area contributed by atoms with Gasteiger partial charge in [0.2, 0.25) is 5.91 Å². The number of unbranched alkanes of at least 4 members (excludes halogenated alkanes) is 1. The molecule has 10 nitrogen and oxygen atoms in total. The van der Waals surface area contributed by atoms with Crippen LogP contribution in [-0.4, -0.2) is 48.3 Å². The lowest BCUT2D eigenvalue weighted by Gasteiger charge is -2.21. The zero-order chi connectivity index (χ0) is 23.6. The summed E-state index contributed by atoms with van der Waals surface area (Å²) >= 11 is 0. The molecule has 10 heteroatoms. The van der Waals surface area contributed by atoms with Crippen molar-refractivity contribution in [3.05, 3.63) is 18.1 Å². The average molecular weight is 471 g/mol. The molecule has 2 fully saturated rings. The van der Waals surface area contributed by atoms with Gasteiger partial charge in [0, 0.05) is 26.1 Å². The fourth-order valence-corrected chi connectivity index (χ4v) is 5.09. The Hall–Kier alpha value is -2.78. The van der Waals surface area contributed by atoms with Crippen LogP contribution in [0.3, 0.4) is 0 Å². The van der Waals surface area contributed by atoms with Gasteiger partial charge < -0.3 is 10.6 Å². The van der Waals surface area contributed by atoms with Crippen LogP contribution >= 0.6 is 0 Å². The summed E-state index contributed by atoms with van der Waals surface area (Å²) < 4.78 is 3.47. The predicted molar refractivity (Wildman–Crippen MR) is 128 cm³/mol. The minimum absolute atomic E-state index is 0.0312. The van der Waals surface area contributed by atoms with E-state index in [1.165, 1.54) is 51.4 Å². The maximum absolute atomic E-state index is 12.3. The van der Waals surface area contributed by atoms with Crippen LogP contribution < -0.4 is 10.6 Å². The van der Waals surface area contributed by atoms with E-state index in [4.69, 9.17) is 0 Å². The number of rotatable bonds is 11. The quantitative estimate of drug-likeness (QED) is 0.485. The third-order valence-electron chi connectivity index (χ3n) is 7.08. The van der Waals surface area contributed by atoms with Crippen molar-refractivity contribution in [1.82, 2.24) is 35.3 Å². The molecule has 4 rings (SSSR count). The Morgan fingerprint density at radius 1 is 0.824 bits per heavy atom. The second-order valence-electron chi connectivity index (χ2n) is 9.91. The fourth-order valence-electron chi connectivity index (χ4n) is 5.09. The standard InChI is InChI=1S/C24H38N8O2/c33-23(15-19-9-3-1-4-10-19)26-22-18-32(30-28-22)14-8-7-13-31-17-21(27-29-31)24(34)25-16-20-11-5-2-6-12-20/h17-20H,1-16H2,(H,25,34)(H,26,33). The molecule has 2 aromatic heterocycles. The number of carbonyl (C=O) groups is 2. The molecule has 2 aromatic rings. The lowest BCUT2D eigenvalue weighted by atomic mass is 9.87. The van der Waals surface area contributed by atoms with E-state index in [9.17, 15) is 9.59 Å². The molecule has 34 heavy (non-hydrogen) atoms. The predicted octanol–water partition coefficient (Wildman–Crippen LogP) is 3.57. The van der Waals surface area contributed by atoms with Crippen LogP contribution in [0.15, 0.2) is 12.4 Å². The van der Waals surface area contributed by atoms with Crippen LogP contribution in [0.2, 0.25) is 0 Å². The summed E-state index contributed by atoms with van der Waals surface area (Å²) in [5.41, 5.74) is 0.376. The Morgan fingerprint density at radius 3 is 2.15 bits per heavy atom. The van der Waals surface area contributed by atoms with Gasteiger partial charge in [-0.15, -0.1) is 10.2 Å². The van der Waals surface area contributed by atoms with Crippen LogP contribution in [0.25, 0.3) is 0 Å². The Balaban J connectivity index is 1.11. The van der Waals surface area contributed by atoms with E-state index >= 15 is 0 Å². The summed E-state index contributed by atoms with van der Waals surface area (Å²) in [5, 5.41) is 22.2. The molecule has 0 aromatic carbocycles. The SMILES string of the molecule is O=C(CC1CCCCC1)Nc1cn(CCCCn2cc(C(=O)NCC3CCCCC3)nn2)nn1. The summed E-state index contributed by atoms with van der Waals surface area (Å²) in [6.45, 7) is 2.12. The minimum Gasteiger partial charge on any atom is -0.350 e. The van der Waals surface area contributed by atoms with Crippen molar-refractivity contribution >= 4 is 17.6 Å². The van der Waals surface area contributed by atoms with Crippen LogP contribution in [0, 0.1) is 11.8 Å². The molecule has 0 bridgehead atoms. The summed E-state index contributed by atoms with van der Waals surface area (Å²) in [7, 11) is 0. The van der Waals surface area contributed by atoms with Gasteiger partial charge >= 0.3 is 0 Å². The monoisotopic (exact) mass is 470 g/mol. The van der Waals surface area contributed by atoms with Gasteiger partial charge in [0.25, 0.3) is 5.91 Å². The molecule has 0 spiro atoms. The Kier molecular flexibility index (Phi) is 9.04. The van der Waals surface area contributed by atoms with Crippen molar-refractivity contribution in [3.63, 3.8) is 0 Å². The van der Waals surface area contributed by atoms with Crippen molar-refractivity contribution < 1.29 is 9.59 Å². The van der Waals surface area contributed by atoms with Crippen LogP contribution in [0.1, 0.15) is 94.0 Å². The normalized spacial score (nSPS) is 17.5. The maximum atomic E-state index is 12.3. The van der Waals surface area contributed by atoms with E-state index in [1.807, 2.05) is 0 Å². The number of carbonyl (C=O) groups excluding carboxylic acids is 2. The van der Waals surface area contributed by atoms with E-state index in [0.717, 1.165) is 32.2 Å². The maximum Gasteiger partial charge on any atom is 0.273 e. The topological polar surface area (TPSA) is 120 Å². The number of nitrogens with one attached hydrogen (secondary N) is 2. The van der Waals surface area contributed by atoms with Gasteiger partial charge in [0.05, 0.1) is 12.4 Å². The molecule has 2 aliphatic rings. The van der Waals surface area contributed by atoms with Gasteiger partial charge in [-0.05, 0) is 50.4 Å². The summed E-state index contributed by atoms with van der Waals surface area (Å²) in [5.74, 6) is 1.50. The first-order valence-corrected chi connectivity index (χ1v) is 13.0. The molecule has 2 N–H and O–H groups in total. The van der Waals surface area contributed by atoms with Crippen molar-refractivity contribution in [1.29, 1.82) is 0 Å². The summed E-state index contributed by atoms with van der Waals surface area (Å²) in [4.78, 5) is 24.6. The first-order chi connectivity index (χ1) is 16.7. The number of aryl methyl sites for hydroxylation is 2. The van der Waals surface area contributed by atoms with Gasteiger partial charge in [0.1, 0.15) is 0 Å². The van der Waals surface area contributed by atoms with Crippen molar-refractivity contribution in [2.24, 2.45) is 11.8 Å². The first-order valence-electron chi connectivity index (χ1n) is 13.0. The van der Waals surface area contributed by atoms with Gasteiger partial charge in [-0.3, -0.25) is 19.0 Å².